The second-order valence-electron chi connectivity index (χ2n) is 13.4. The summed E-state index contributed by atoms with van der Waals surface area (Å²) in [5.74, 6) is -0.301. The summed E-state index contributed by atoms with van der Waals surface area (Å²) >= 11 is 0. The SMILES string of the molecule is CC1=C[C@]23C(=O)[C@@H](C=C(CO)C[C@@H]2[C@H]1OC(=O)C1=C(C)C(=O)OC12CCCCC2)[C@H]1[C@@H](C[C@H]3C)C1(C)C. The second-order valence-corrected chi connectivity index (χ2v) is 13.4. The topological polar surface area (TPSA) is 89.9 Å². The van der Waals surface area contributed by atoms with Gasteiger partial charge in [-0.3, -0.25) is 4.79 Å². The standard InChI is InChI=1S/C31H40O6/c1-16-14-31-17(2)11-21-24(29(21,4)5)20(26(31)33)12-19(15-32)13-22(31)25(16)36-28(35)23-18(3)27(34)37-30(23)9-7-6-8-10-30/h12,14,17,20-22,24-25,32H,6-11,13,15H2,1-5H3/t17-,20+,21-,22-,24+,25+,31-/m1/s1. The number of ketones is 1. The third kappa shape index (κ3) is 3.30. The van der Waals surface area contributed by atoms with Crippen molar-refractivity contribution in [1.82, 2.24) is 0 Å². The third-order valence-electron chi connectivity index (χ3n) is 11.2. The summed E-state index contributed by atoms with van der Waals surface area (Å²) in [7, 11) is 0. The summed E-state index contributed by atoms with van der Waals surface area (Å²) in [5.41, 5.74) is 0.996. The van der Waals surface area contributed by atoms with Crippen LogP contribution in [-0.4, -0.2) is 41.1 Å². The molecule has 5 aliphatic carbocycles. The van der Waals surface area contributed by atoms with Gasteiger partial charge in [-0.15, -0.1) is 0 Å². The first-order valence-corrected chi connectivity index (χ1v) is 14.2. The van der Waals surface area contributed by atoms with Crippen LogP contribution in [0.5, 0.6) is 0 Å². The number of aliphatic hydroxyl groups excluding tert-OH is 1. The number of aliphatic hydroxyl groups is 1. The molecule has 6 aliphatic rings. The van der Waals surface area contributed by atoms with Gasteiger partial charge in [0.15, 0.2) is 5.78 Å². The molecule has 6 rings (SSSR count). The summed E-state index contributed by atoms with van der Waals surface area (Å²) < 4.78 is 12.1. The Balaban J connectivity index is 1.37. The average Bonchev–Trinajstić information content (AvgIpc) is 3.22. The number of Topliss-reactive ketones (excluding diaryl/α,β-unsaturated/α-hetero) is 1. The van der Waals surface area contributed by atoms with Crippen LogP contribution in [0.3, 0.4) is 0 Å². The van der Waals surface area contributed by atoms with E-state index in [-0.39, 0.29) is 41.5 Å². The van der Waals surface area contributed by atoms with Crippen LogP contribution in [0.25, 0.3) is 0 Å². The normalized spacial score (nSPS) is 41.2. The van der Waals surface area contributed by atoms with E-state index in [0.29, 0.717) is 36.3 Å². The van der Waals surface area contributed by atoms with Crippen LogP contribution in [0.2, 0.25) is 0 Å². The minimum absolute atomic E-state index is 0.0992. The number of hydrogen-bond donors (Lipinski definition) is 1. The van der Waals surface area contributed by atoms with E-state index in [0.717, 1.165) is 36.8 Å². The van der Waals surface area contributed by atoms with Gasteiger partial charge in [0.2, 0.25) is 0 Å². The first-order chi connectivity index (χ1) is 17.5. The minimum Gasteiger partial charge on any atom is -0.454 e. The number of allylic oxidation sites excluding steroid dienone is 2. The van der Waals surface area contributed by atoms with Gasteiger partial charge in [0.1, 0.15) is 11.7 Å². The Labute approximate surface area is 219 Å². The van der Waals surface area contributed by atoms with Gasteiger partial charge in [0.25, 0.3) is 0 Å². The molecular weight excluding hydrogens is 468 g/mol. The van der Waals surface area contributed by atoms with Crippen LogP contribution >= 0.6 is 0 Å². The summed E-state index contributed by atoms with van der Waals surface area (Å²) in [4.78, 5) is 40.9. The lowest BCUT2D eigenvalue weighted by Gasteiger charge is -2.41. The molecule has 2 spiro atoms. The minimum atomic E-state index is -0.882. The van der Waals surface area contributed by atoms with Crippen molar-refractivity contribution in [3.8, 4) is 0 Å². The summed E-state index contributed by atoms with van der Waals surface area (Å²) in [6, 6.07) is 0. The van der Waals surface area contributed by atoms with E-state index in [1.54, 1.807) is 6.92 Å². The highest BCUT2D eigenvalue weighted by Gasteiger charge is 2.70. The molecule has 0 amide bonds. The number of fused-ring (bicyclic) bond motifs is 3. The van der Waals surface area contributed by atoms with Crippen LogP contribution in [0.4, 0.5) is 0 Å². The summed E-state index contributed by atoms with van der Waals surface area (Å²) in [5, 5.41) is 10.3. The largest absolute Gasteiger partial charge is 0.454 e. The van der Waals surface area contributed by atoms with Crippen LogP contribution in [-0.2, 0) is 23.9 Å². The highest BCUT2D eigenvalue weighted by atomic mass is 16.6. The molecule has 0 unspecified atom stereocenters. The van der Waals surface area contributed by atoms with Crippen molar-refractivity contribution in [2.24, 2.45) is 40.4 Å². The van der Waals surface area contributed by atoms with Gasteiger partial charge >= 0.3 is 11.9 Å². The van der Waals surface area contributed by atoms with Crippen molar-refractivity contribution >= 4 is 17.7 Å². The lowest BCUT2D eigenvalue weighted by Crippen LogP contribution is -2.46. The number of rotatable bonds is 3. The molecule has 3 fully saturated rings. The zero-order valence-electron chi connectivity index (χ0n) is 22.8. The Morgan fingerprint density at radius 3 is 2.51 bits per heavy atom. The molecule has 1 aliphatic heterocycles. The second kappa shape index (κ2) is 8.14. The van der Waals surface area contributed by atoms with Crippen molar-refractivity contribution in [3.63, 3.8) is 0 Å². The van der Waals surface area contributed by atoms with E-state index < -0.39 is 29.1 Å². The van der Waals surface area contributed by atoms with Crippen molar-refractivity contribution in [2.45, 2.75) is 91.3 Å². The molecule has 200 valence electrons. The monoisotopic (exact) mass is 508 g/mol. The fourth-order valence-electron chi connectivity index (χ4n) is 9.20. The van der Waals surface area contributed by atoms with Crippen LogP contribution in [0.15, 0.2) is 34.4 Å². The molecule has 2 bridgehead atoms. The molecule has 7 atom stereocenters. The van der Waals surface area contributed by atoms with Gasteiger partial charge in [-0.25, -0.2) is 9.59 Å². The van der Waals surface area contributed by atoms with Gasteiger partial charge in [-0.1, -0.05) is 39.3 Å². The number of carbonyl (C=O) groups excluding carboxylic acids is 3. The number of hydrogen-bond acceptors (Lipinski definition) is 6. The van der Waals surface area contributed by atoms with Crippen molar-refractivity contribution in [1.29, 1.82) is 0 Å². The predicted octanol–water partition coefficient (Wildman–Crippen LogP) is 4.86. The molecule has 6 nitrogen and oxygen atoms in total. The van der Waals surface area contributed by atoms with E-state index in [1.807, 2.05) is 13.0 Å². The highest BCUT2D eigenvalue weighted by Crippen LogP contribution is 2.71. The van der Waals surface area contributed by atoms with Crippen LogP contribution in [0, 0.1) is 40.4 Å². The van der Waals surface area contributed by atoms with E-state index in [9.17, 15) is 19.5 Å². The Hall–Kier alpha value is -2.21. The molecule has 0 saturated heterocycles. The zero-order chi connectivity index (χ0) is 26.5. The van der Waals surface area contributed by atoms with Gasteiger partial charge < -0.3 is 14.6 Å². The Morgan fingerprint density at radius 1 is 1.14 bits per heavy atom. The fourth-order valence-corrected chi connectivity index (χ4v) is 9.20. The number of carbonyl (C=O) groups is 3. The zero-order valence-corrected chi connectivity index (χ0v) is 22.8. The maximum atomic E-state index is 14.4. The Bertz CT molecular complexity index is 1160. The van der Waals surface area contributed by atoms with E-state index in [1.165, 1.54) is 0 Å². The van der Waals surface area contributed by atoms with Gasteiger partial charge in [0.05, 0.1) is 17.6 Å². The van der Waals surface area contributed by atoms with Gasteiger partial charge in [-0.05, 0) is 86.7 Å². The van der Waals surface area contributed by atoms with Crippen molar-refractivity contribution in [2.75, 3.05) is 6.61 Å². The van der Waals surface area contributed by atoms with Crippen molar-refractivity contribution in [3.05, 3.63) is 34.4 Å². The quantitative estimate of drug-likeness (QED) is 0.433. The van der Waals surface area contributed by atoms with Crippen LogP contribution in [0.1, 0.15) is 79.6 Å². The molecule has 1 N–H and O–H groups in total. The Morgan fingerprint density at radius 2 is 1.84 bits per heavy atom. The predicted molar refractivity (Wildman–Crippen MR) is 137 cm³/mol. The first-order valence-electron chi connectivity index (χ1n) is 14.2. The number of ether oxygens (including phenoxy) is 2. The maximum absolute atomic E-state index is 14.4. The molecule has 3 saturated carbocycles. The highest BCUT2D eigenvalue weighted by molar-refractivity contribution is 6.05. The molecule has 0 radical (unpaired) electrons. The molecule has 1 heterocycles. The van der Waals surface area contributed by atoms with E-state index >= 15 is 0 Å². The van der Waals surface area contributed by atoms with Gasteiger partial charge in [0, 0.05) is 17.4 Å². The molecule has 0 aromatic carbocycles. The number of esters is 2. The van der Waals surface area contributed by atoms with Gasteiger partial charge in [-0.2, -0.15) is 0 Å². The summed E-state index contributed by atoms with van der Waals surface area (Å²) in [6.45, 7) is 10.2. The van der Waals surface area contributed by atoms with Crippen molar-refractivity contribution < 1.29 is 29.0 Å². The lowest BCUT2D eigenvalue weighted by molar-refractivity contribution is -0.156. The lowest BCUT2D eigenvalue weighted by atomic mass is 9.62. The first kappa shape index (κ1) is 25.1. The molecule has 6 heteroatoms. The molecule has 0 aromatic heterocycles. The molecular formula is C31H40O6. The van der Waals surface area contributed by atoms with E-state index in [2.05, 4.69) is 26.8 Å². The third-order valence-corrected chi connectivity index (χ3v) is 11.2. The molecule has 0 aromatic rings. The summed E-state index contributed by atoms with van der Waals surface area (Å²) in [6.07, 6.45) is 9.21. The Kier molecular flexibility index (Phi) is 5.52. The smallest absolute Gasteiger partial charge is 0.339 e. The maximum Gasteiger partial charge on any atom is 0.339 e. The van der Waals surface area contributed by atoms with E-state index in [4.69, 9.17) is 9.47 Å². The molecule has 37 heavy (non-hydrogen) atoms. The fraction of sp³-hybridized carbons (Fsp3) is 0.710. The average molecular weight is 509 g/mol. The van der Waals surface area contributed by atoms with Crippen LogP contribution < -0.4 is 0 Å².